The number of rotatable bonds is 2. The Morgan fingerprint density at radius 1 is 1.42 bits per heavy atom. The monoisotopic (exact) mass is 317 g/mol. The van der Waals surface area contributed by atoms with Crippen molar-refractivity contribution in [3.05, 3.63) is 52.3 Å². The third kappa shape index (κ3) is 2.54. The molecule has 0 atom stereocenters. The van der Waals surface area contributed by atoms with Gasteiger partial charge in [-0.2, -0.15) is 5.26 Å². The molecule has 96 valence electrons. The van der Waals surface area contributed by atoms with Crippen LogP contribution in [0.5, 0.6) is 0 Å². The molecule has 0 aliphatic carbocycles. The number of halogens is 1. The second-order valence-electron chi connectivity index (χ2n) is 4.15. The average Bonchev–Trinajstić information content (AvgIpc) is 2.76. The first kappa shape index (κ1) is 13.4. The van der Waals surface area contributed by atoms with Gasteiger partial charge in [0.05, 0.1) is 11.3 Å². The first-order valence-corrected chi connectivity index (χ1v) is 6.43. The minimum absolute atomic E-state index is 0.157. The minimum atomic E-state index is -0.157. The van der Waals surface area contributed by atoms with Crippen LogP contribution in [-0.2, 0) is 7.05 Å². The molecule has 5 heteroatoms. The summed E-state index contributed by atoms with van der Waals surface area (Å²) in [5.41, 5.74) is 1.64. The van der Waals surface area contributed by atoms with Crippen LogP contribution in [0, 0.1) is 11.3 Å². The van der Waals surface area contributed by atoms with E-state index in [-0.39, 0.29) is 5.91 Å². The van der Waals surface area contributed by atoms with Gasteiger partial charge in [0.2, 0.25) is 0 Å². The highest BCUT2D eigenvalue weighted by atomic mass is 79.9. The molecule has 0 spiro atoms. The van der Waals surface area contributed by atoms with E-state index in [4.69, 9.17) is 5.26 Å². The molecule has 1 amide bonds. The van der Waals surface area contributed by atoms with Crippen molar-refractivity contribution in [3.8, 4) is 6.07 Å². The number of carbonyl (C=O) groups excluding carboxylic acids is 1. The predicted octanol–water partition coefficient (Wildman–Crippen LogP) is 2.94. The Balaban J connectivity index is 2.40. The number of amides is 1. The van der Waals surface area contributed by atoms with Crippen molar-refractivity contribution in [2.75, 3.05) is 11.9 Å². The molecule has 1 aromatic heterocycles. The summed E-state index contributed by atoms with van der Waals surface area (Å²) in [7, 11) is 3.47. The van der Waals surface area contributed by atoms with Gasteiger partial charge in [-0.05, 0) is 34.1 Å². The quantitative estimate of drug-likeness (QED) is 0.855. The molecular formula is C14H12BrN3O. The Bertz CT molecular complexity index is 670. The molecule has 0 N–H and O–H groups in total. The summed E-state index contributed by atoms with van der Waals surface area (Å²) in [4.78, 5) is 13.9. The van der Waals surface area contributed by atoms with Gasteiger partial charge in [0.1, 0.15) is 11.8 Å². The predicted molar refractivity (Wildman–Crippen MR) is 77.0 cm³/mol. The van der Waals surface area contributed by atoms with Gasteiger partial charge in [-0.1, -0.05) is 12.1 Å². The van der Waals surface area contributed by atoms with Crippen LogP contribution in [0.1, 0.15) is 16.1 Å². The Labute approximate surface area is 120 Å². The van der Waals surface area contributed by atoms with Crippen LogP contribution >= 0.6 is 15.9 Å². The van der Waals surface area contributed by atoms with Gasteiger partial charge in [0.15, 0.2) is 0 Å². The van der Waals surface area contributed by atoms with Crippen LogP contribution in [0.4, 0.5) is 5.69 Å². The molecule has 1 heterocycles. The summed E-state index contributed by atoms with van der Waals surface area (Å²) in [5.74, 6) is -0.157. The first-order chi connectivity index (χ1) is 9.04. The van der Waals surface area contributed by atoms with E-state index in [1.165, 1.54) is 4.90 Å². The molecule has 0 bridgehead atoms. The molecule has 2 rings (SSSR count). The lowest BCUT2D eigenvalue weighted by Crippen LogP contribution is -2.28. The summed E-state index contributed by atoms with van der Waals surface area (Å²) in [6.45, 7) is 0. The third-order valence-corrected chi connectivity index (χ3v) is 3.31. The molecule has 0 saturated heterocycles. The second kappa shape index (κ2) is 5.29. The van der Waals surface area contributed by atoms with Crippen LogP contribution < -0.4 is 4.90 Å². The van der Waals surface area contributed by atoms with Crippen LogP contribution in [0.2, 0.25) is 0 Å². The summed E-state index contributed by atoms with van der Waals surface area (Å²) < 4.78 is 2.60. The molecule has 0 fully saturated rings. The maximum absolute atomic E-state index is 12.4. The third-order valence-electron chi connectivity index (χ3n) is 2.88. The lowest BCUT2D eigenvalue weighted by Gasteiger charge is -2.18. The molecule has 0 unspecified atom stereocenters. The van der Waals surface area contributed by atoms with Crippen molar-refractivity contribution in [1.82, 2.24) is 4.57 Å². The zero-order chi connectivity index (χ0) is 14.0. The van der Waals surface area contributed by atoms with Gasteiger partial charge < -0.3 is 9.47 Å². The smallest absolute Gasteiger partial charge is 0.274 e. The SMILES string of the molecule is CN(C(=O)c1cc(Br)cn1C)c1ccccc1C#N. The van der Waals surface area contributed by atoms with Crippen molar-refractivity contribution in [3.63, 3.8) is 0 Å². The van der Waals surface area contributed by atoms with Crippen molar-refractivity contribution in [1.29, 1.82) is 5.26 Å². The number of para-hydroxylation sites is 1. The summed E-state index contributed by atoms with van der Waals surface area (Å²) in [6, 6.07) is 10.9. The van der Waals surface area contributed by atoms with E-state index < -0.39 is 0 Å². The van der Waals surface area contributed by atoms with E-state index in [1.807, 2.05) is 13.2 Å². The van der Waals surface area contributed by atoms with Crippen molar-refractivity contribution < 1.29 is 4.79 Å². The summed E-state index contributed by atoms with van der Waals surface area (Å²) in [6.07, 6.45) is 1.82. The standard InChI is InChI=1S/C14H12BrN3O/c1-17-9-11(15)7-13(17)14(19)18(2)12-6-4-3-5-10(12)8-16/h3-7,9H,1-2H3. The molecule has 1 aromatic carbocycles. The van der Waals surface area contributed by atoms with E-state index in [0.29, 0.717) is 16.9 Å². The highest BCUT2D eigenvalue weighted by Gasteiger charge is 2.19. The van der Waals surface area contributed by atoms with Crippen molar-refractivity contribution >= 4 is 27.5 Å². The summed E-state index contributed by atoms with van der Waals surface area (Å²) in [5, 5.41) is 9.08. The van der Waals surface area contributed by atoms with E-state index in [9.17, 15) is 4.79 Å². The Kier molecular flexibility index (Phi) is 3.72. The number of nitrogens with zero attached hydrogens (tertiary/aromatic N) is 3. The number of hydrogen-bond donors (Lipinski definition) is 0. The largest absolute Gasteiger partial charge is 0.345 e. The second-order valence-corrected chi connectivity index (χ2v) is 5.06. The fraction of sp³-hybridized carbons (Fsp3) is 0.143. The van der Waals surface area contributed by atoms with Crippen LogP contribution in [0.15, 0.2) is 41.0 Å². The van der Waals surface area contributed by atoms with Gasteiger partial charge in [0, 0.05) is 24.8 Å². The van der Waals surface area contributed by atoms with Gasteiger partial charge >= 0.3 is 0 Å². The number of aryl methyl sites for hydroxylation is 1. The number of benzene rings is 1. The Hall–Kier alpha value is -2.06. The van der Waals surface area contributed by atoms with E-state index >= 15 is 0 Å². The molecule has 19 heavy (non-hydrogen) atoms. The van der Waals surface area contributed by atoms with Gasteiger partial charge in [-0.15, -0.1) is 0 Å². The van der Waals surface area contributed by atoms with Gasteiger partial charge in [0.25, 0.3) is 5.91 Å². The number of aromatic nitrogens is 1. The highest BCUT2D eigenvalue weighted by Crippen LogP contribution is 2.22. The first-order valence-electron chi connectivity index (χ1n) is 5.63. The summed E-state index contributed by atoms with van der Waals surface area (Å²) >= 11 is 3.34. The Morgan fingerprint density at radius 2 is 2.11 bits per heavy atom. The van der Waals surface area contributed by atoms with E-state index in [0.717, 1.165) is 4.47 Å². The molecule has 2 aromatic rings. The zero-order valence-corrected chi connectivity index (χ0v) is 12.2. The fourth-order valence-corrected chi connectivity index (χ4v) is 2.40. The molecular weight excluding hydrogens is 306 g/mol. The van der Waals surface area contributed by atoms with Gasteiger partial charge in [-0.3, -0.25) is 4.79 Å². The molecule has 0 aliphatic rings. The van der Waals surface area contributed by atoms with Crippen molar-refractivity contribution in [2.24, 2.45) is 7.05 Å². The van der Waals surface area contributed by atoms with Crippen LogP contribution in [0.3, 0.4) is 0 Å². The highest BCUT2D eigenvalue weighted by molar-refractivity contribution is 9.10. The topological polar surface area (TPSA) is 49.0 Å². The van der Waals surface area contributed by atoms with Crippen LogP contribution in [-0.4, -0.2) is 17.5 Å². The number of nitriles is 1. The molecule has 0 saturated carbocycles. The van der Waals surface area contributed by atoms with Gasteiger partial charge in [-0.25, -0.2) is 0 Å². The Morgan fingerprint density at radius 3 is 2.68 bits per heavy atom. The lowest BCUT2D eigenvalue weighted by atomic mass is 10.1. The molecule has 0 aliphatic heterocycles. The lowest BCUT2D eigenvalue weighted by molar-refractivity contribution is 0.0985. The minimum Gasteiger partial charge on any atom is -0.345 e. The van der Waals surface area contributed by atoms with Crippen LogP contribution in [0.25, 0.3) is 0 Å². The number of anilines is 1. The maximum Gasteiger partial charge on any atom is 0.274 e. The van der Waals surface area contributed by atoms with Crippen molar-refractivity contribution in [2.45, 2.75) is 0 Å². The molecule has 0 radical (unpaired) electrons. The zero-order valence-electron chi connectivity index (χ0n) is 10.6. The number of hydrogen-bond acceptors (Lipinski definition) is 2. The molecule has 4 nitrogen and oxygen atoms in total. The average molecular weight is 318 g/mol. The van der Waals surface area contributed by atoms with E-state index in [2.05, 4.69) is 22.0 Å². The normalized spacial score (nSPS) is 10.0. The fourth-order valence-electron chi connectivity index (χ4n) is 1.88. The number of carbonyl (C=O) groups is 1. The maximum atomic E-state index is 12.4. The van der Waals surface area contributed by atoms with E-state index in [1.54, 1.807) is 41.9 Å².